The molecule has 3 heterocycles. The summed E-state index contributed by atoms with van der Waals surface area (Å²) in [6, 6.07) is 7.82. The fourth-order valence-electron chi connectivity index (χ4n) is 3.38. The predicted octanol–water partition coefficient (Wildman–Crippen LogP) is 3.06. The Hall–Kier alpha value is -2.63. The lowest BCUT2D eigenvalue weighted by Gasteiger charge is -2.31. The van der Waals surface area contributed by atoms with Crippen molar-refractivity contribution in [3.63, 3.8) is 0 Å². The van der Waals surface area contributed by atoms with Crippen molar-refractivity contribution in [1.29, 1.82) is 0 Å². The Kier molecular flexibility index (Phi) is 3.80. The topological polar surface area (TPSA) is 56.1 Å². The molecule has 3 aromatic rings. The summed E-state index contributed by atoms with van der Waals surface area (Å²) >= 11 is 0. The summed E-state index contributed by atoms with van der Waals surface area (Å²) in [5.74, 6) is 2.51. The summed E-state index contributed by atoms with van der Waals surface area (Å²) in [5, 5.41) is 5.54. The number of piperidine rings is 1. The minimum atomic E-state index is 0.695. The molecule has 0 spiro atoms. The van der Waals surface area contributed by atoms with Gasteiger partial charge in [0.15, 0.2) is 5.65 Å². The van der Waals surface area contributed by atoms with Crippen LogP contribution in [-0.4, -0.2) is 39.9 Å². The molecule has 1 aliphatic rings. The highest BCUT2D eigenvalue weighted by atomic mass is 16.5. The Morgan fingerprint density at radius 1 is 1.17 bits per heavy atom. The van der Waals surface area contributed by atoms with E-state index in [0.717, 1.165) is 41.4 Å². The molecular formula is C18H21N5O. The number of fused-ring (bicyclic) bond motifs is 1. The third-order valence-corrected chi connectivity index (χ3v) is 4.62. The Morgan fingerprint density at radius 3 is 2.75 bits per heavy atom. The Labute approximate surface area is 141 Å². The molecule has 0 aliphatic carbocycles. The number of benzene rings is 1. The summed E-state index contributed by atoms with van der Waals surface area (Å²) in [6.07, 6.45) is 6.00. The maximum Gasteiger partial charge on any atom is 0.168 e. The van der Waals surface area contributed by atoms with Crippen LogP contribution in [0.2, 0.25) is 0 Å². The summed E-state index contributed by atoms with van der Waals surface area (Å²) in [7, 11) is 1.66. The first-order valence-corrected chi connectivity index (χ1v) is 8.34. The van der Waals surface area contributed by atoms with Crippen LogP contribution in [0.3, 0.4) is 0 Å². The molecule has 1 aliphatic heterocycles. The smallest absolute Gasteiger partial charge is 0.168 e. The van der Waals surface area contributed by atoms with Crippen LogP contribution in [0.1, 0.15) is 19.8 Å². The number of anilines is 1. The van der Waals surface area contributed by atoms with Crippen molar-refractivity contribution in [2.24, 2.45) is 5.92 Å². The van der Waals surface area contributed by atoms with Gasteiger partial charge < -0.3 is 9.64 Å². The monoisotopic (exact) mass is 323 g/mol. The second kappa shape index (κ2) is 6.11. The summed E-state index contributed by atoms with van der Waals surface area (Å²) in [4.78, 5) is 11.4. The Morgan fingerprint density at radius 2 is 2.00 bits per heavy atom. The van der Waals surface area contributed by atoms with Gasteiger partial charge >= 0.3 is 0 Å². The van der Waals surface area contributed by atoms with Crippen LogP contribution in [0.5, 0.6) is 5.75 Å². The van der Waals surface area contributed by atoms with Crippen LogP contribution in [0.4, 0.5) is 5.82 Å². The summed E-state index contributed by atoms with van der Waals surface area (Å²) < 4.78 is 7.08. The summed E-state index contributed by atoms with van der Waals surface area (Å²) in [5.41, 5.74) is 1.80. The van der Waals surface area contributed by atoms with Gasteiger partial charge in [0, 0.05) is 13.1 Å². The molecule has 0 N–H and O–H groups in total. The van der Waals surface area contributed by atoms with Crippen LogP contribution in [0, 0.1) is 5.92 Å². The highest BCUT2D eigenvalue weighted by molar-refractivity contribution is 5.87. The molecule has 24 heavy (non-hydrogen) atoms. The fourth-order valence-corrected chi connectivity index (χ4v) is 3.38. The lowest BCUT2D eigenvalue weighted by Crippen LogP contribution is -2.34. The van der Waals surface area contributed by atoms with E-state index in [0.29, 0.717) is 5.92 Å². The second-order valence-corrected chi connectivity index (χ2v) is 6.38. The van der Waals surface area contributed by atoms with E-state index in [1.54, 1.807) is 13.4 Å². The fraction of sp³-hybridized carbons (Fsp3) is 0.389. The van der Waals surface area contributed by atoms with Crippen LogP contribution in [0.25, 0.3) is 16.7 Å². The van der Waals surface area contributed by atoms with Crippen LogP contribution in [0.15, 0.2) is 36.8 Å². The molecule has 6 heteroatoms. The molecule has 6 nitrogen and oxygen atoms in total. The first kappa shape index (κ1) is 14.9. The van der Waals surface area contributed by atoms with Crippen molar-refractivity contribution in [3.05, 3.63) is 36.8 Å². The van der Waals surface area contributed by atoms with Gasteiger partial charge in [-0.1, -0.05) is 6.92 Å². The van der Waals surface area contributed by atoms with Crippen molar-refractivity contribution in [2.75, 3.05) is 25.1 Å². The largest absolute Gasteiger partial charge is 0.497 e. The van der Waals surface area contributed by atoms with Gasteiger partial charge in [-0.15, -0.1) is 0 Å². The normalized spacial score (nSPS) is 18.1. The van der Waals surface area contributed by atoms with E-state index in [9.17, 15) is 0 Å². The van der Waals surface area contributed by atoms with Crippen LogP contribution < -0.4 is 9.64 Å². The van der Waals surface area contributed by atoms with E-state index < -0.39 is 0 Å². The molecule has 0 unspecified atom stereocenters. The molecular weight excluding hydrogens is 302 g/mol. The highest BCUT2D eigenvalue weighted by Crippen LogP contribution is 2.28. The first-order valence-electron chi connectivity index (χ1n) is 8.34. The molecule has 0 bridgehead atoms. The molecule has 1 saturated heterocycles. The van der Waals surface area contributed by atoms with E-state index in [4.69, 9.17) is 4.74 Å². The van der Waals surface area contributed by atoms with Gasteiger partial charge in [0.05, 0.1) is 24.4 Å². The van der Waals surface area contributed by atoms with Gasteiger partial charge in [0.1, 0.15) is 17.9 Å². The first-order chi connectivity index (χ1) is 11.8. The van der Waals surface area contributed by atoms with Crippen molar-refractivity contribution >= 4 is 16.9 Å². The average Bonchev–Trinajstić information content (AvgIpc) is 3.06. The number of rotatable bonds is 3. The lowest BCUT2D eigenvalue weighted by atomic mass is 10.0. The van der Waals surface area contributed by atoms with Gasteiger partial charge in [-0.2, -0.15) is 5.10 Å². The standard InChI is InChI=1S/C18H21N5O/c1-13-4-3-9-22(11-13)17-16-10-21-23(18(16)20-12-19-17)14-5-7-15(24-2)8-6-14/h5-8,10,12-13H,3-4,9,11H2,1-2H3/t13-/m0/s1. The van der Waals surface area contributed by atoms with Crippen molar-refractivity contribution in [3.8, 4) is 11.4 Å². The molecule has 1 aromatic carbocycles. The maximum absolute atomic E-state index is 5.22. The van der Waals surface area contributed by atoms with E-state index in [2.05, 4.69) is 26.9 Å². The number of hydrogen-bond acceptors (Lipinski definition) is 5. The minimum absolute atomic E-state index is 0.695. The van der Waals surface area contributed by atoms with Gasteiger partial charge in [-0.25, -0.2) is 14.6 Å². The van der Waals surface area contributed by atoms with E-state index in [-0.39, 0.29) is 0 Å². The van der Waals surface area contributed by atoms with Crippen LogP contribution in [-0.2, 0) is 0 Å². The minimum Gasteiger partial charge on any atom is -0.497 e. The zero-order valence-electron chi connectivity index (χ0n) is 14.0. The van der Waals surface area contributed by atoms with Crippen molar-refractivity contribution < 1.29 is 4.74 Å². The zero-order chi connectivity index (χ0) is 16.5. The van der Waals surface area contributed by atoms with E-state index in [1.807, 2.05) is 35.1 Å². The number of ether oxygens (including phenoxy) is 1. The Bertz CT molecular complexity index is 842. The molecule has 0 radical (unpaired) electrons. The number of hydrogen-bond donors (Lipinski definition) is 0. The van der Waals surface area contributed by atoms with Gasteiger partial charge in [0.25, 0.3) is 0 Å². The SMILES string of the molecule is COc1ccc(-n2ncc3c(N4CCC[C@H](C)C4)ncnc32)cc1. The molecule has 0 saturated carbocycles. The third-order valence-electron chi connectivity index (χ3n) is 4.62. The second-order valence-electron chi connectivity index (χ2n) is 6.38. The van der Waals surface area contributed by atoms with Crippen molar-refractivity contribution in [2.45, 2.75) is 19.8 Å². The van der Waals surface area contributed by atoms with E-state index in [1.165, 1.54) is 12.8 Å². The van der Waals surface area contributed by atoms with Gasteiger partial charge in [-0.05, 0) is 43.0 Å². The molecule has 4 rings (SSSR count). The number of nitrogens with zero attached hydrogens (tertiary/aromatic N) is 5. The zero-order valence-corrected chi connectivity index (χ0v) is 14.0. The van der Waals surface area contributed by atoms with E-state index >= 15 is 0 Å². The number of aromatic nitrogens is 4. The molecule has 1 atom stereocenters. The van der Waals surface area contributed by atoms with Gasteiger partial charge in [-0.3, -0.25) is 0 Å². The average molecular weight is 323 g/mol. The third kappa shape index (κ3) is 2.58. The van der Waals surface area contributed by atoms with Crippen LogP contribution >= 0.6 is 0 Å². The highest BCUT2D eigenvalue weighted by Gasteiger charge is 2.21. The molecule has 0 amide bonds. The number of methoxy groups -OCH3 is 1. The quantitative estimate of drug-likeness (QED) is 0.741. The van der Waals surface area contributed by atoms with Gasteiger partial charge in [0.2, 0.25) is 0 Å². The van der Waals surface area contributed by atoms with Crippen molar-refractivity contribution in [1.82, 2.24) is 19.7 Å². The predicted molar refractivity (Wildman–Crippen MR) is 93.8 cm³/mol. The Balaban J connectivity index is 1.75. The molecule has 2 aromatic heterocycles. The lowest BCUT2D eigenvalue weighted by molar-refractivity contribution is 0.414. The molecule has 1 fully saturated rings. The molecule has 124 valence electrons. The maximum atomic E-state index is 5.22. The summed E-state index contributed by atoms with van der Waals surface area (Å²) in [6.45, 7) is 4.38.